The van der Waals surface area contributed by atoms with E-state index in [-0.39, 0.29) is 36.7 Å². The second-order valence-corrected chi connectivity index (χ2v) is 10.7. The molecule has 3 aliphatic heterocycles. The zero-order valence-electron chi connectivity index (χ0n) is 20.0. The lowest BCUT2D eigenvalue weighted by atomic mass is 9.89. The van der Waals surface area contributed by atoms with Crippen LogP contribution in [0.15, 0.2) is 42.0 Å². The number of amides is 3. The molecule has 0 saturated carbocycles. The summed E-state index contributed by atoms with van der Waals surface area (Å²) in [5, 5.41) is 19.4. The molecule has 0 radical (unpaired) electrons. The number of thioether (sulfide) groups is 1. The number of benzene rings is 1. The van der Waals surface area contributed by atoms with Crippen molar-refractivity contribution in [2.24, 2.45) is 0 Å². The van der Waals surface area contributed by atoms with Crippen LogP contribution < -0.4 is 16.0 Å². The Morgan fingerprint density at radius 1 is 1.31 bits per heavy atom. The molecule has 188 valence electrons. The van der Waals surface area contributed by atoms with Crippen LogP contribution in [0.4, 0.5) is 10.5 Å². The van der Waals surface area contributed by atoms with Gasteiger partial charge in [-0.05, 0) is 48.8 Å². The largest absolute Gasteiger partial charge is 0.389 e. The summed E-state index contributed by atoms with van der Waals surface area (Å²) in [5.41, 5.74) is 4.30. The molecule has 5 atom stereocenters. The molecule has 4 aliphatic rings. The van der Waals surface area contributed by atoms with Crippen molar-refractivity contribution in [1.29, 1.82) is 0 Å². The van der Waals surface area contributed by atoms with Crippen LogP contribution in [0, 0.1) is 0 Å². The van der Waals surface area contributed by atoms with Crippen molar-refractivity contribution in [3.63, 3.8) is 0 Å². The van der Waals surface area contributed by atoms with Gasteiger partial charge in [0, 0.05) is 36.0 Å². The molecule has 4 N–H and O–H groups in total. The van der Waals surface area contributed by atoms with Crippen LogP contribution in [0.1, 0.15) is 42.9 Å². The van der Waals surface area contributed by atoms with Crippen LogP contribution in [-0.4, -0.2) is 71.3 Å². The second kappa shape index (κ2) is 10.6. The summed E-state index contributed by atoms with van der Waals surface area (Å²) in [6, 6.07) is 5.74. The molecule has 35 heavy (non-hydrogen) atoms. The third-order valence-electron chi connectivity index (χ3n) is 7.45. The predicted octanol–water partition coefficient (Wildman–Crippen LogP) is 2.71. The van der Waals surface area contributed by atoms with Crippen LogP contribution in [-0.2, 0) is 16.1 Å². The van der Waals surface area contributed by atoms with E-state index in [1.807, 2.05) is 34.9 Å². The number of hydrogen-bond donors (Lipinski definition) is 4. The number of likely N-dealkylation sites (tertiary alicyclic amines) is 1. The fraction of sp³-hybridized carbons (Fsp3) is 0.538. The van der Waals surface area contributed by atoms with Gasteiger partial charge in [0.2, 0.25) is 5.91 Å². The molecule has 2 bridgehead atoms. The first-order valence-electron chi connectivity index (χ1n) is 12.4. The van der Waals surface area contributed by atoms with Gasteiger partial charge in [-0.1, -0.05) is 24.3 Å². The van der Waals surface area contributed by atoms with Gasteiger partial charge >= 0.3 is 6.03 Å². The highest BCUT2D eigenvalue weighted by Crippen LogP contribution is 2.39. The molecule has 1 aromatic rings. The maximum Gasteiger partial charge on any atom is 0.315 e. The molecule has 1 unspecified atom stereocenters. The predicted molar refractivity (Wildman–Crippen MR) is 137 cm³/mol. The standard InChI is InChI=1S/C26H34N4O4S/c1-35-24-7-3-2-5-17(24)21-6-4-10-30(21)25(32)14-28-26(33)27-13-16-8-9-19-18(11-16)23-12-20(29-19)22(31)15-34-23/h2-3,5,8-9,11,20-24,29,31H,4,6-7,10,12-15H2,1H3,(H2,27,28,33)/t20-,21-,22+,23-,24?/m0/s1. The fourth-order valence-corrected chi connectivity index (χ4v) is 6.39. The van der Waals surface area contributed by atoms with Crippen molar-refractivity contribution in [2.45, 2.75) is 61.8 Å². The molecule has 8 nitrogen and oxygen atoms in total. The minimum atomic E-state index is -0.494. The SMILES string of the molecule is CSC1CC=CC=C1[C@@H]1CCCN1C(=O)CNC(=O)NCc1ccc2c(c1)[C@@H]1C[C@H](N2)[C@H](O)CO1. The summed E-state index contributed by atoms with van der Waals surface area (Å²) in [6.45, 7) is 1.40. The number of fused-ring (bicyclic) bond motifs is 4. The monoisotopic (exact) mass is 498 g/mol. The summed E-state index contributed by atoms with van der Waals surface area (Å²) in [6.07, 6.45) is 11.7. The maximum absolute atomic E-state index is 12.9. The van der Waals surface area contributed by atoms with E-state index in [0.29, 0.717) is 18.4 Å². The molecule has 2 saturated heterocycles. The third-order valence-corrected chi connectivity index (χ3v) is 8.48. The van der Waals surface area contributed by atoms with Crippen LogP contribution in [0.5, 0.6) is 0 Å². The first kappa shape index (κ1) is 24.2. The highest BCUT2D eigenvalue weighted by atomic mass is 32.2. The van der Waals surface area contributed by atoms with Gasteiger partial charge in [0.15, 0.2) is 0 Å². The number of carbonyl (C=O) groups is 2. The van der Waals surface area contributed by atoms with Crippen molar-refractivity contribution >= 4 is 29.4 Å². The average molecular weight is 499 g/mol. The zero-order valence-corrected chi connectivity index (χ0v) is 20.9. The van der Waals surface area contributed by atoms with Crippen LogP contribution in [0.2, 0.25) is 0 Å². The number of carbonyl (C=O) groups excluding carboxylic acids is 2. The van der Waals surface area contributed by atoms with Crippen molar-refractivity contribution in [2.75, 3.05) is 31.3 Å². The van der Waals surface area contributed by atoms with Crippen molar-refractivity contribution in [1.82, 2.24) is 15.5 Å². The molecule has 1 aliphatic carbocycles. The Labute approximate surface area is 210 Å². The number of hydrogen-bond acceptors (Lipinski definition) is 6. The molecular weight excluding hydrogens is 464 g/mol. The Balaban J connectivity index is 1.12. The van der Waals surface area contributed by atoms with Gasteiger partial charge in [-0.25, -0.2) is 4.79 Å². The van der Waals surface area contributed by atoms with Gasteiger partial charge in [0.05, 0.1) is 37.4 Å². The van der Waals surface area contributed by atoms with Gasteiger partial charge in [-0.2, -0.15) is 11.8 Å². The molecule has 9 heteroatoms. The van der Waals surface area contributed by atoms with E-state index in [1.165, 1.54) is 5.57 Å². The Morgan fingerprint density at radius 2 is 2.20 bits per heavy atom. The van der Waals surface area contributed by atoms with E-state index < -0.39 is 6.10 Å². The quantitative estimate of drug-likeness (QED) is 0.481. The highest BCUT2D eigenvalue weighted by molar-refractivity contribution is 7.99. The summed E-state index contributed by atoms with van der Waals surface area (Å²) in [5.74, 6) is -0.0380. The maximum atomic E-state index is 12.9. The number of aliphatic hydroxyl groups is 1. The molecular formula is C26H34N4O4S. The number of nitrogens with zero attached hydrogens (tertiary/aromatic N) is 1. The number of allylic oxidation sites excluding steroid dienone is 3. The van der Waals surface area contributed by atoms with E-state index in [1.54, 1.807) is 0 Å². The molecule has 5 rings (SSSR count). The van der Waals surface area contributed by atoms with Crippen LogP contribution in [0.25, 0.3) is 0 Å². The zero-order chi connectivity index (χ0) is 24.4. The summed E-state index contributed by atoms with van der Waals surface area (Å²) in [4.78, 5) is 27.3. The smallest absolute Gasteiger partial charge is 0.315 e. The van der Waals surface area contributed by atoms with Gasteiger partial charge < -0.3 is 30.7 Å². The molecule has 3 heterocycles. The lowest BCUT2D eigenvalue weighted by Crippen LogP contribution is -2.46. The minimum Gasteiger partial charge on any atom is -0.389 e. The third kappa shape index (κ3) is 5.22. The van der Waals surface area contributed by atoms with E-state index in [0.717, 1.165) is 49.0 Å². The van der Waals surface area contributed by atoms with Gasteiger partial charge in [-0.3, -0.25) is 4.79 Å². The van der Waals surface area contributed by atoms with E-state index >= 15 is 0 Å². The molecule has 2 fully saturated rings. The van der Waals surface area contributed by atoms with Crippen molar-refractivity contribution in [3.8, 4) is 0 Å². The molecule has 0 spiro atoms. The lowest BCUT2D eigenvalue weighted by Gasteiger charge is -2.40. The summed E-state index contributed by atoms with van der Waals surface area (Å²) >= 11 is 1.83. The second-order valence-electron chi connectivity index (χ2n) is 9.63. The first-order chi connectivity index (χ1) is 17.0. The molecule has 1 aromatic carbocycles. The Morgan fingerprint density at radius 3 is 3.06 bits per heavy atom. The Kier molecular flexibility index (Phi) is 7.36. The van der Waals surface area contributed by atoms with Gasteiger partial charge in [0.1, 0.15) is 0 Å². The number of anilines is 1. The topological polar surface area (TPSA) is 103 Å². The van der Waals surface area contributed by atoms with Crippen LogP contribution in [0.3, 0.4) is 0 Å². The summed E-state index contributed by atoms with van der Waals surface area (Å²) in [7, 11) is 0. The van der Waals surface area contributed by atoms with Crippen molar-refractivity contribution < 1.29 is 19.4 Å². The Bertz CT molecular complexity index is 1030. The number of aliphatic hydroxyl groups excluding tert-OH is 1. The van der Waals surface area contributed by atoms with Gasteiger partial charge in [0.25, 0.3) is 0 Å². The normalized spacial score (nSPS) is 29.1. The Hall–Kier alpha value is -2.49. The number of urea groups is 1. The number of nitrogens with one attached hydrogen (secondary N) is 3. The van der Waals surface area contributed by atoms with Gasteiger partial charge in [-0.15, -0.1) is 0 Å². The van der Waals surface area contributed by atoms with Crippen LogP contribution >= 0.6 is 11.8 Å². The van der Waals surface area contributed by atoms with Crippen molar-refractivity contribution in [3.05, 3.63) is 53.1 Å². The van der Waals surface area contributed by atoms with E-state index in [9.17, 15) is 14.7 Å². The van der Waals surface area contributed by atoms with E-state index in [2.05, 4.69) is 40.4 Å². The summed E-state index contributed by atoms with van der Waals surface area (Å²) < 4.78 is 5.81. The van der Waals surface area contributed by atoms with E-state index in [4.69, 9.17) is 4.74 Å². The first-order valence-corrected chi connectivity index (χ1v) is 13.7. The minimum absolute atomic E-state index is 0.0108. The number of rotatable bonds is 6. The number of ether oxygens (including phenoxy) is 1. The molecule has 3 amide bonds. The highest BCUT2D eigenvalue weighted by Gasteiger charge is 2.36. The fourth-order valence-electron chi connectivity index (χ4n) is 5.57. The molecule has 0 aromatic heterocycles. The average Bonchev–Trinajstić information content (AvgIpc) is 3.38. The lowest BCUT2D eigenvalue weighted by molar-refractivity contribution is -0.130.